The van der Waals surface area contributed by atoms with Gasteiger partial charge in [-0.3, -0.25) is 9.69 Å². The van der Waals surface area contributed by atoms with Crippen LogP contribution in [0.25, 0.3) is 0 Å². The first-order valence-electron chi connectivity index (χ1n) is 12.3. The fourth-order valence-corrected chi connectivity index (χ4v) is 5.26. The normalized spacial score (nSPS) is 17.2. The Morgan fingerprint density at radius 1 is 0.838 bits per heavy atom. The molecule has 0 radical (unpaired) electrons. The molecule has 1 amide bonds. The fourth-order valence-electron chi connectivity index (χ4n) is 4.72. The Bertz CT molecular complexity index is 981. The van der Waals surface area contributed by atoms with Gasteiger partial charge in [-0.2, -0.15) is 13.2 Å². The molecule has 6 nitrogen and oxygen atoms in total. The number of nitrogens with zero attached hydrogens (tertiary/aromatic N) is 4. The van der Waals surface area contributed by atoms with E-state index in [1.807, 2.05) is 17.0 Å². The monoisotopic (exact) mass is 538 g/mol. The van der Waals surface area contributed by atoms with E-state index < -0.39 is 5.51 Å². The molecule has 10 heteroatoms. The standard InChI is InChI=1S/C26H33F3N4O2S.CH4/c1-35-23-7-3-21(4-8-23)32-17-15-30(16-18-32)14-11-25(34)33-13-2-12-31(19-20-33)22-5-9-24(10-6-22)36-26(27,28)29;/h3-10H,2,11-20H2,1H3;1H4. The molecule has 0 aromatic heterocycles. The third-order valence-corrected chi connectivity index (χ3v) is 7.48. The number of methoxy groups -OCH3 is 1. The van der Waals surface area contributed by atoms with Gasteiger partial charge in [0.15, 0.2) is 0 Å². The molecule has 4 rings (SSSR count). The Morgan fingerprint density at radius 2 is 1.41 bits per heavy atom. The van der Waals surface area contributed by atoms with Gasteiger partial charge in [0.1, 0.15) is 5.75 Å². The zero-order valence-electron chi connectivity index (χ0n) is 20.5. The van der Waals surface area contributed by atoms with Gasteiger partial charge in [0.2, 0.25) is 5.91 Å². The van der Waals surface area contributed by atoms with Gasteiger partial charge in [0.05, 0.1) is 7.11 Å². The van der Waals surface area contributed by atoms with E-state index in [-0.39, 0.29) is 30.0 Å². The molecule has 37 heavy (non-hydrogen) atoms. The van der Waals surface area contributed by atoms with E-state index in [1.165, 1.54) is 17.8 Å². The van der Waals surface area contributed by atoms with Crippen molar-refractivity contribution in [1.82, 2.24) is 9.80 Å². The molecule has 2 aliphatic rings. The van der Waals surface area contributed by atoms with Crippen LogP contribution < -0.4 is 14.5 Å². The average molecular weight is 539 g/mol. The first kappa shape index (κ1) is 29.0. The summed E-state index contributed by atoms with van der Waals surface area (Å²) < 4.78 is 42.9. The molecule has 0 atom stereocenters. The van der Waals surface area contributed by atoms with Crippen LogP contribution in [0.3, 0.4) is 0 Å². The predicted octanol–water partition coefficient (Wildman–Crippen LogP) is 5.19. The van der Waals surface area contributed by atoms with E-state index in [0.29, 0.717) is 26.1 Å². The second-order valence-corrected chi connectivity index (χ2v) is 10.2. The number of amides is 1. The van der Waals surface area contributed by atoms with Crippen molar-refractivity contribution in [3.05, 3.63) is 48.5 Å². The minimum absolute atomic E-state index is 0. The third-order valence-electron chi connectivity index (χ3n) is 6.74. The second kappa shape index (κ2) is 13.3. The number of thioether (sulfide) groups is 1. The molecule has 2 aromatic carbocycles. The number of halogens is 3. The Labute approximate surface area is 222 Å². The molecule has 2 saturated heterocycles. The molecule has 2 aliphatic heterocycles. The van der Waals surface area contributed by atoms with Gasteiger partial charge in [-0.15, -0.1) is 0 Å². The largest absolute Gasteiger partial charge is 0.497 e. The number of carbonyl (C=O) groups is 1. The van der Waals surface area contributed by atoms with E-state index >= 15 is 0 Å². The molecule has 2 aromatic rings. The molecule has 2 fully saturated rings. The van der Waals surface area contributed by atoms with Crippen LogP contribution in [0.5, 0.6) is 5.75 Å². The molecular weight excluding hydrogens is 501 g/mol. The first-order valence-corrected chi connectivity index (χ1v) is 13.1. The van der Waals surface area contributed by atoms with Crippen molar-refractivity contribution in [2.45, 2.75) is 30.7 Å². The summed E-state index contributed by atoms with van der Waals surface area (Å²) in [7, 11) is 1.67. The van der Waals surface area contributed by atoms with Crippen LogP contribution in [0.1, 0.15) is 20.3 Å². The van der Waals surface area contributed by atoms with Gasteiger partial charge in [-0.25, -0.2) is 0 Å². The number of alkyl halides is 3. The van der Waals surface area contributed by atoms with Gasteiger partial charge in [-0.05, 0) is 66.7 Å². The highest BCUT2D eigenvalue weighted by Gasteiger charge is 2.29. The van der Waals surface area contributed by atoms with Gasteiger partial charge in [-0.1, -0.05) is 7.43 Å². The number of anilines is 2. The van der Waals surface area contributed by atoms with Crippen LogP contribution in [0, 0.1) is 0 Å². The quantitative estimate of drug-likeness (QED) is 0.452. The SMILES string of the molecule is C.COc1ccc(N2CCN(CCC(=O)N3CCCN(c4ccc(SC(F)(F)F)cc4)CC3)CC2)cc1. The summed E-state index contributed by atoms with van der Waals surface area (Å²) in [6, 6.07) is 14.6. The second-order valence-electron chi connectivity index (χ2n) is 9.04. The Morgan fingerprint density at radius 3 is 2.00 bits per heavy atom. The minimum Gasteiger partial charge on any atom is -0.497 e. The van der Waals surface area contributed by atoms with Gasteiger partial charge >= 0.3 is 5.51 Å². The highest BCUT2D eigenvalue weighted by atomic mass is 32.2. The maximum Gasteiger partial charge on any atom is 0.446 e. The highest BCUT2D eigenvalue weighted by molar-refractivity contribution is 8.00. The maximum absolute atomic E-state index is 12.9. The third kappa shape index (κ3) is 8.46. The van der Waals surface area contributed by atoms with Crippen LogP contribution in [0.15, 0.2) is 53.4 Å². The molecule has 0 spiro atoms. The molecule has 2 heterocycles. The lowest BCUT2D eigenvalue weighted by molar-refractivity contribution is -0.131. The van der Waals surface area contributed by atoms with Crippen LogP contribution in [0.4, 0.5) is 24.5 Å². The van der Waals surface area contributed by atoms with E-state index in [2.05, 4.69) is 26.8 Å². The van der Waals surface area contributed by atoms with Crippen LogP contribution in [-0.2, 0) is 4.79 Å². The number of ether oxygens (including phenoxy) is 1. The summed E-state index contributed by atoms with van der Waals surface area (Å²) in [6.45, 7) is 7.27. The number of benzene rings is 2. The molecule has 0 unspecified atom stereocenters. The zero-order chi connectivity index (χ0) is 25.5. The van der Waals surface area contributed by atoms with Crippen molar-refractivity contribution in [2.75, 3.05) is 75.8 Å². The van der Waals surface area contributed by atoms with Gasteiger partial charge < -0.3 is 19.4 Å². The number of hydrogen-bond donors (Lipinski definition) is 0. The molecule has 0 bridgehead atoms. The summed E-state index contributed by atoms with van der Waals surface area (Å²) in [5.74, 6) is 1.02. The maximum atomic E-state index is 12.9. The lowest BCUT2D eigenvalue weighted by Gasteiger charge is -2.36. The number of piperazine rings is 1. The summed E-state index contributed by atoms with van der Waals surface area (Å²) >= 11 is -0.101. The summed E-state index contributed by atoms with van der Waals surface area (Å²) in [4.78, 5) is 21.9. The van der Waals surface area contributed by atoms with E-state index in [1.54, 1.807) is 19.2 Å². The van der Waals surface area contributed by atoms with Gasteiger partial charge in [0, 0.05) is 81.6 Å². The van der Waals surface area contributed by atoms with Gasteiger partial charge in [0.25, 0.3) is 0 Å². The Hall–Kier alpha value is -2.59. The zero-order valence-corrected chi connectivity index (χ0v) is 21.4. The van der Waals surface area contributed by atoms with Crippen molar-refractivity contribution in [3.8, 4) is 5.75 Å². The molecule has 204 valence electrons. The predicted molar refractivity (Wildman–Crippen MR) is 145 cm³/mol. The van der Waals surface area contributed by atoms with Crippen molar-refractivity contribution in [1.29, 1.82) is 0 Å². The van der Waals surface area contributed by atoms with Crippen molar-refractivity contribution >= 4 is 29.0 Å². The smallest absolute Gasteiger partial charge is 0.446 e. The van der Waals surface area contributed by atoms with Crippen LogP contribution in [-0.4, -0.2) is 87.2 Å². The van der Waals surface area contributed by atoms with E-state index in [9.17, 15) is 18.0 Å². The molecule has 0 N–H and O–H groups in total. The summed E-state index contributed by atoms with van der Waals surface area (Å²) in [5, 5.41) is 0. The summed E-state index contributed by atoms with van der Waals surface area (Å²) in [6.07, 6.45) is 1.34. The number of rotatable bonds is 7. The van der Waals surface area contributed by atoms with Crippen LogP contribution in [0.2, 0.25) is 0 Å². The fraction of sp³-hybridized carbons (Fsp3) is 0.519. The van der Waals surface area contributed by atoms with Crippen molar-refractivity contribution < 1.29 is 22.7 Å². The first-order chi connectivity index (χ1) is 17.3. The van der Waals surface area contributed by atoms with Crippen LogP contribution >= 0.6 is 11.8 Å². The van der Waals surface area contributed by atoms with E-state index in [4.69, 9.17) is 4.74 Å². The Balaban J connectivity index is 0.00000380. The van der Waals surface area contributed by atoms with Crippen molar-refractivity contribution in [2.24, 2.45) is 0 Å². The molecule has 0 aliphatic carbocycles. The summed E-state index contributed by atoms with van der Waals surface area (Å²) in [5.41, 5.74) is -2.20. The average Bonchev–Trinajstić information content (AvgIpc) is 3.14. The van der Waals surface area contributed by atoms with E-state index in [0.717, 1.165) is 57.1 Å². The number of carbonyl (C=O) groups excluding carboxylic acids is 1. The lowest BCUT2D eigenvalue weighted by Crippen LogP contribution is -2.47. The number of hydrogen-bond acceptors (Lipinski definition) is 6. The molecule has 0 saturated carbocycles. The topological polar surface area (TPSA) is 39.3 Å². The lowest BCUT2D eigenvalue weighted by atomic mass is 10.2. The molecular formula is C27H37F3N4O2S. The minimum atomic E-state index is -4.28. The highest BCUT2D eigenvalue weighted by Crippen LogP contribution is 2.37. The van der Waals surface area contributed by atoms with Crippen molar-refractivity contribution in [3.63, 3.8) is 0 Å². The Kier molecular flexibility index (Phi) is 10.4.